The van der Waals surface area contributed by atoms with E-state index in [0.717, 1.165) is 24.5 Å². The third-order valence-electron chi connectivity index (χ3n) is 6.25. The summed E-state index contributed by atoms with van der Waals surface area (Å²) in [5.74, 6) is -1.08. The van der Waals surface area contributed by atoms with Crippen molar-refractivity contribution in [3.63, 3.8) is 0 Å². The van der Waals surface area contributed by atoms with Gasteiger partial charge in [-0.1, -0.05) is 50.1 Å². The summed E-state index contributed by atoms with van der Waals surface area (Å²) < 4.78 is 0. The van der Waals surface area contributed by atoms with Gasteiger partial charge in [0.2, 0.25) is 0 Å². The van der Waals surface area contributed by atoms with Crippen LogP contribution in [0.15, 0.2) is 36.0 Å². The predicted molar refractivity (Wildman–Crippen MR) is 98.0 cm³/mol. The molecule has 2 aliphatic rings. The SMILES string of the molecule is C/C=C(\C)[C@H]1[C@H](/C=C/C=C/C(=O)O)[C@H]2[C@@H](C)CCC[C@]2(O)C(=O)[C@@H]1C. The summed E-state index contributed by atoms with van der Waals surface area (Å²) in [7, 11) is 0. The number of carboxylic acids is 1. The number of fused-ring (bicyclic) bond motifs is 1. The summed E-state index contributed by atoms with van der Waals surface area (Å²) in [6.07, 6.45) is 10.8. The van der Waals surface area contributed by atoms with Crippen LogP contribution in [0.2, 0.25) is 0 Å². The molecule has 0 heterocycles. The summed E-state index contributed by atoms with van der Waals surface area (Å²) in [4.78, 5) is 23.7. The zero-order chi connectivity index (χ0) is 18.8. The van der Waals surface area contributed by atoms with Crippen LogP contribution >= 0.6 is 0 Å². The van der Waals surface area contributed by atoms with Crippen LogP contribution < -0.4 is 0 Å². The molecule has 0 aromatic rings. The number of Topliss-reactive ketones (excluding diaryl/α,β-unsaturated/α-hetero) is 1. The summed E-state index contributed by atoms with van der Waals surface area (Å²) >= 11 is 0. The van der Waals surface area contributed by atoms with E-state index in [2.05, 4.69) is 6.92 Å². The van der Waals surface area contributed by atoms with Crippen LogP contribution in [0.1, 0.15) is 47.0 Å². The maximum atomic E-state index is 13.0. The molecular weight excluding hydrogens is 316 g/mol. The van der Waals surface area contributed by atoms with Crippen molar-refractivity contribution in [2.75, 3.05) is 0 Å². The molecular formula is C21H30O4. The van der Waals surface area contributed by atoms with Crippen LogP contribution in [0.25, 0.3) is 0 Å². The lowest BCUT2D eigenvalue weighted by molar-refractivity contribution is -0.172. The van der Waals surface area contributed by atoms with E-state index in [1.54, 1.807) is 6.08 Å². The molecule has 2 N–H and O–H groups in total. The normalized spacial score (nSPS) is 39.8. The van der Waals surface area contributed by atoms with Gasteiger partial charge in [0.15, 0.2) is 5.78 Å². The van der Waals surface area contributed by atoms with Crippen LogP contribution in [0.3, 0.4) is 0 Å². The molecule has 0 radical (unpaired) electrons. The van der Waals surface area contributed by atoms with E-state index >= 15 is 0 Å². The number of aliphatic hydroxyl groups is 1. The zero-order valence-electron chi connectivity index (χ0n) is 15.6. The Hall–Kier alpha value is -1.68. The lowest BCUT2D eigenvalue weighted by Crippen LogP contribution is -2.61. The van der Waals surface area contributed by atoms with Gasteiger partial charge >= 0.3 is 5.97 Å². The molecule has 4 heteroatoms. The van der Waals surface area contributed by atoms with E-state index < -0.39 is 11.6 Å². The molecule has 0 aromatic carbocycles. The first-order chi connectivity index (χ1) is 11.7. The topological polar surface area (TPSA) is 74.6 Å². The van der Waals surface area contributed by atoms with Gasteiger partial charge in [0, 0.05) is 17.9 Å². The highest BCUT2D eigenvalue weighted by atomic mass is 16.4. The van der Waals surface area contributed by atoms with Gasteiger partial charge in [-0.2, -0.15) is 0 Å². The smallest absolute Gasteiger partial charge is 0.328 e. The third kappa shape index (κ3) is 3.64. The Morgan fingerprint density at radius 1 is 1.28 bits per heavy atom. The molecule has 2 saturated carbocycles. The molecule has 0 saturated heterocycles. The Balaban J connectivity index is 2.49. The van der Waals surface area contributed by atoms with Gasteiger partial charge in [-0.15, -0.1) is 0 Å². The number of hydrogen-bond acceptors (Lipinski definition) is 3. The van der Waals surface area contributed by atoms with Crippen LogP contribution in [-0.4, -0.2) is 27.6 Å². The number of rotatable bonds is 4. The Morgan fingerprint density at radius 3 is 2.56 bits per heavy atom. The van der Waals surface area contributed by atoms with Crippen LogP contribution in [0.4, 0.5) is 0 Å². The van der Waals surface area contributed by atoms with Crippen molar-refractivity contribution in [2.45, 2.75) is 52.6 Å². The lowest BCUT2D eigenvalue weighted by atomic mass is 9.51. The van der Waals surface area contributed by atoms with Crippen molar-refractivity contribution >= 4 is 11.8 Å². The minimum atomic E-state index is -1.26. The molecule has 4 nitrogen and oxygen atoms in total. The second-order valence-electron chi connectivity index (χ2n) is 7.69. The predicted octanol–water partition coefficient (Wildman–Crippen LogP) is 3.77. The number of allylic oxidation sites excluding steroid dienone is 5. The summed E-state index contributed by atoms with van der Waals surface area (Å²) in [5.41, 5.74) is -0.106. The Morgan fingerprint density at radius 2 is 1.96 bits per heavy atom. The Bertz CT molecular complexity index is 615. The van der Waals surface area contributed by atoms with E-state index in [9.17, 15) is 14.7 Å². The summed E-state index contributed by atoms with van der Waals surface area (Å²) in [5, 5.41) is 20.0. The van der Waals surface area contributed by atoms with Gasteiger partial charge in [-0.25, -0.2) is 4.79 Å². The average Bonchev–Trinajstić information content (AvgIpc) is 2.55. The standard InChI is InChI=1S/C21H30O4/c1-5-13(2)18-15(4)20(24)21(25)12-8-9-14(3)19(21)16(18)10-6-7-11-17(22)23/h5-7,10-11,14-16,18-19,25H,8-9,12H2,1-4H3,(H,22,23)/b10-6+,11-7+,13-5+/t14-,15+,16-,18+,19+,21+/m0/s1. The van der Waals surface area contributed by atoms with Crippen LogP contribution in [0, 0.1) is 29.6 Å². The second kappa shape index (κ2) is 7.69. The number of hydrogen-bond donors (Lipinski definition) is 2. The summed E-state index contributed by atoms with van der Waals surface area (Å²) in [6.45, 7) is 8.05. The molecule has 6 atom stereocenters. The fourth-order valence-corrected chi connectivity index (χ4v) is 5.07. The van der Waals surface area contributed by atoms with Gasteiger partial charge in [-0.3, -0.25) is 4.79 Å². The highest BCUT2D eigenvalue weighted by Gasteiger charge is 2.58. The molecule has 138 valence electrons. The Kier molecular flexibility index (Phi) is 6.04. The van der Waals surface area contributed by atoms with Crippen molar-refractivity contribution in [2.24, 2.45) is 29.6 Å². The molecule has 0 spiro atoms. The molecule has 25 heavy (non-hydrogen) atoms. The molecule has 0 aromatic heterocycles. The fourth-order valence-electron chi connectivity index (χ4n) is 5.07. The molecule has 2 rings (SSSR count). The molecule has 2 aliphatic carbocycles. The second-order valence-corrected chi connectivity index (χ2v) is 7.69. The third-order valence-corrected chi connectivity index (χ3v) is 6.25. The number of aliphatic carboxylic acids is 1. The van der Waals surface area contributed by atoms with Crippen LogP contribution in [-0.2, 0) is 9.59 Å². The van der Waals surface area contributed by atoms with Gasteiger partial charge in [0.25, 0.3) is 0 Å². The van der Waals surface area contributed by atoms with Crippen molar-refractivity contribution in [1.82, 2.24) is 0 Å². The quantitative estimate of drug-likeness (QED) is 0.462. The molecule has 0 unspecified atom stereocenters. The van der Waals surface area contributed by atoms with Crippen molar-refractivity contribution in [1.29, 1.82) is 0 Å². The van der Waals surface area contributed by atoms with E-state index in [-0.39, 0.29) is 35.4 Å². The van der Waals surface area contributed by atoms with E-state index in [1.807, 2.05) is 32.9 Å². The zero-order valence-corrected chi connectivity index (χ0v) is 15.6. The monoisotopic (exact) mass is 346 g/mol. The van der Waals surface area contributed by atoms with Crippen molar-refractivity contribution in [3.05, 3.63) is 36.0 Å². The minimum Gasteiger partial charge on any atom is -0.478 e. The highest BCUT2D eigenvalue weighted by Crippen LogP contribution is 2.53. The van der Waals surface area contributed by atoms with Crippen molar-refractivity contribution in [3.8, 4) is 0 Å². The maximum Gasteiger partial charge on any atom is 0.328 e. The first kappa shape index (κ1) is 19.6. The van der Waals surface area contributed by atoms with E-state index in [1.165, 1.54) is 6.08 Å². The van der Waals surface area contributed by atoms with Crippen molar-refractivity contribution < 1.29 is 19.8 Å². The number of carbonyl (C=O) groups excluding carboxylic acids is 1. The van der Waals surface area contributed by atoms with Gasteiger partial charge < -0.3 is 10.2 Å². The Labute approximate surface area is 150 Å². The van der Waals surface area contributed by atoms with E-state index in [0.29, 0.717) is 6.42 Å². The largest absolute Gasteiger partial charge is 0.478 e. The van der Waals surface area contributed by atoms with Crippen LogP contribution in [0.5, 0.6) is 0 Å². The molecule has 0 bridgehead atoms. The first-order valence-corrected chi connectivity index (χ1v) is 9.21. The molecule has 0 amide bonds. The number of carboxylic acid groups (broad SMARTS) is 1. The highest BCUT2D eigenvalue weighted by molar-refractivity contribution is 5.91. The first-order valence-electron chi connectivity index (χ1n) is 9.21. The lowest BCUT2D eigenvalue weighted by Gasteiger charge is -2.54. The molecule has 2 fully saturated rings. The minimum absolute atomic E-state index is 0.0163. The molecule has 0 aliphatic heterocycles. The summed E-state index contributed by atoms with van der Waals surface area (Å²) in [6, 6.07) is 0. The maximum absolute atomic E-state index is 13.0. The van der Waals surface area contributed by atoms with Gasteiger partial charge in [0.05, 0.1) is 0 Å². The van der Waals surface area contributed by atoms with E-state index in [4.69, 9.17) is 5.11 Å². The fraction of sp³-hybridized carbons (Fsp3) is 0.619. The number of carbonyl (C=O) groups is 2. The average molecular weight is 346 g/mol. The number of ketones is 1. The van der Waals surface area contributed by atoms with Gasteiger partial charge in [-0.05, 0) is 44.4 Å². The van der Waals surface area contributed by atoms with Gasteiger partial charge in [0.1, 0.15) is 5.60 Å².